The third-order valence-corrected chi connectivity index (χ3v) is 3.61. The van der Waals surface area contributed by atoms with Crippen molar-refractivity contribution in [3.63, 3.8) is 0 Å². The number of nitrogens with one attached hydrogen (secondary N) is 2. The number of nitrogens with zero attached hydrogens (tertiary/aromatic N) is 1. The van der Waals surface area contributed by atoms with Crippen LogP contribution < -0.4 is 10.6 Å². The van der Waals surface area contributed by atoms with Gasteiger partial charge < -0.3 is 15.4 Å². The molecule has 2 rings (SSSR count). The smallest absolute Gasteiger partial charge is 0.191 e. The van der Waals surface area contributed by atoms with E-state index >= 15 is 0 Å². The van der Waals surface area contributed by atoms with Crippen LogP contribution in [0, 0.1) is 6.92 Å². The molecular formula is C20H28IN3O. The zero-order valence-corrected chi connectivity index (χ0v) is 17.5. The first-order valence-corrected chi connectivity index (χ1v) is 8.35. The maximum atomic E-state index is 5.19. The van der Waals surface area contributed by atoms with Crippen molar-refractivity contribution >= 4 is 29.9 Å². The predicted molar refractivity (Wildman–Crippen MR) is 115 cm³/mol. The fraction of sp³-hybridized carbons (Fsp3) is 0.350. The molecule has 0 amide bonds. The molecule has 25 heavy (non-hydrogen) atoms. The number of ether oxygens (including phenoxy) is 1. The lowest BCUT2D eigenvalue weighted by Crippen LogP contribution is -2.36. The van der Waals surface area contributed by atoms with E-state index in [1.807, 2.05) is 0 Å². The van der Waals surface area contributed by atoms with Crippen molar-refractivity contribution in [2.24, 2.45) is 4.99 Å². The van der Waals surface area contributed by atoms with Crippen LogP contribution >= 0.6 is 24.0 Å². The highest BCUT2D eigenvalue weighted by Crippen LogP contribution is 2.07. The molecule has 0 atom stereocenters. The van der Waals surface area contributed by atoms with E-state index in [4.69, 9.17) is 4.74 Å². The predicted octanol–water partition coefficient (Wildman–Crippen LogP) is 4.01. The van der Waals surface area contributed by atoms with Crippen molar-refractivity contribution in [3.05, 3.63) is 70.8 Å². The van der Waals surface area contributed by atoms with Gasteiger partial charge in [0, 0.05) is 20.2 Å². The molecular weight excluding hydrogens is 425 g/mol. The second-order valence-electron chi connectivity index (χ2n) is 5.79. The molecule has 0 aromatic heterocycles. The number of rotatable bonds is 7. The standard InChI is InChI=1S/C20H27N3O.HI/c1-4-21-20(22-13-17-8-5-7-16(2)11-17)23-14-18-9-6-10-19(12-18)15-24-3;/h5-12H,4,13-15H2,1-3H3,(H2,21,22,23);1H. The Labute approximate surface area is 168 Å². The van der Waals surface area contributed by atoms with Gasteiger partial charge in [-0.1, -0.05) is 54.1 Å². The van der Waals surface area contributed by atoms with Gasteiger partial charge in [-0.05, 0) is 30.5 Å². The number of halogens is 1. The molecule has 0 saturated heterocycles. The molecule has 0 aliphatic carbocycles. The second-order valence-corrected chi connectivity index (χ2v) is 5.79. The van der Waals surface area contributed by atoms with Crippen LogP contribution in [-0.4, -0.2) is 19.6 Å². The van der Waals surface area contributed by atoms with Gasteiger partial charge in [-0.2, -0.15) is 0 Å². The van der Waals surface area contributed by atoms with Crippen LogP contribution in [0.15, 0.2) is 53.5 Å². The first kappa shape index (κ1) is 21.4. The SMILES string of the molecule is CCNC(=NCc1cccc(C)c1)NCc1cccc(COC)c1.I. The van der Waals surface area contributed by atoms with Crippen LogP contribution in [0.3, 0.4) is 0 Å². The summed E-state index contributed by atoms with van der Waals surface area (Å²) in [5.74, 6) is 0.830. The number of aryl methyl sites for hydroxylation is 1. The summed E-state index contributed by atoms with van der Waals surface area (Å²) in [6, 6.07) is 16.8. The number of hydrogen-bond acceptors (Lipinski definition) is 2. The summed E-state index contributed by atoms with van der Waals surface area (Å²) >= 11 is 0. The minimum absolute atomic E-state index is 0. The van der Waals surface area contributed by atoms with Crippen molar-refractivity contribution in [2.75, 3.05) is 13.7 Å². The molecule has 0 aliphatic rings. The molecule has 0 aliphatic heterocycles. The molecule has 136 valence electrons. The molecule has 0 spiro atoms. The Morgan fingerprint density at radius 1 is 1.00 bits per heavy atom. The van der Waals surface area contributed by atoms with Gasteiger partial charge in [0.15, 0.2) is 5.96 Å². The van der Waals surface area contributed by atoms with Crippen molar-refractivity contribution in [2.45, 2.75) is 33.5 Å². The molecule has 0 bridgehead atoms. The lowest BCUT2D eigenvalue weighted by Gasteiger charge is -2.12. The minimum Gasteiger partial charge on any atom is -0.380 e. The number of aliphatic imine (C=N–C) groups is 1. The van der Waals surface area contributed by atoms with Crippen LogP contribution in [0.5, 0.6) is 0 Å². The summed E-state index contributed by atoms with van der Waals surface area (Å²) < 4.78 is 5.19. The van der Waals surface area contributed by atoms with E-state index in [0.29, 0.717) is 13.2 Å². The van der Waals surface area contributed by atoms with Crippen molar-refractivity contribution in [1.82, 2.24) is 10.6 Å². The monoisotopic (exact) mass is 453 g/mol. The highest BCUT2D eigenvalue weighted by Gasteiger charge is 2.00. The first-order chi connectivity index (χ1) is 11.7. The van der Waals surface area contributed by atoms with Gasteiger partial charge in [-0.15, -0.1) is 24.0 Å². The van der Waals surface area contributed by atoms with Gasteiger partial charge >= 0.3 is 0 Å². The molecule has 0 saturated carbocycles. The minimum atomic E-state index is 0. The fourth-order valence-corrected chi connectivity index (χ4v) is 2.50. The normalized spacial score (nSPS) is 10.9. The molecule has 2 aromatic carbocycles. The maximum Gasteiger partial charge on any atom is 0.191 e. The molecule has 0 unspecified atom stereocenters. The molecule has 4 nitrogen and oxygen atoms in total. The topological polar surface area (TPSA) is 45.7 Å². The van der Waals surface area contributed by atoms with Gasteiger partial charge in [-0.25, -0.2) is 4.99 Å². The molecule has 2 N–H and O–H groups in total. The summed E-state index contributed by atoms with van der Waals surface area (Å²) in [4.78, 5) is 4.67. The third kappa shape index (κ3) is 7.88. The van der Waals surface area contributed by atoms with E-state index in [9.17, 15) is 0 Å². The first-order valence-electron chi connectivity index (χ1n) is 8.35. The summed E-state index contributed by atoms with van der Waals surface area (Å²) in [5, 5.41) is 6.68. The maximum absolute atomic E-state index is 5.19. The van der Waals surface area contributed by atoms with Crippen LogP contribution in [0.25, 0.3) is 0 Å². The van der Waals surface area contributed by atoms with Crippen LogP contribution in [-0.2, 0) is 24.4 Å². The average molecular weight is 453 g/mol. The molecule has 5 heteroatoms. The second kappa shape index (κ2) is 11.9. The van der Waals surface area contributed by atoms with Gasteiger partial charge in [0.05, 0.1) is 13.2 Å². The largest absolute Gasteiger partial charge is 0.380 e. The Bertz CT molecular complexity index is 673. The Morgan fingerprint density at radius 2 is 1.72 bits per heavy atom. The van der Waals surface area contributed by atoms with Crippen LogP contribution in [0.1, 0.15) is 29.2 Å². The van der Waals surface area contributed by atoms with Crippen LogP contribution in [0.2, 0.25) is 0 Å². The van der Waals surface area contributed by atoms with Crippen molar-refractivity contribution < 1.29 is 4.74 Å². The summed E-state index contributed by atoms with van der Waals surface area (Å²) in [5.41, 5.74) is 4.87. The van der Waals surface area contributed by atoms with E-state index < -0.39 is 0 Å². The number of hydrogen-bond donors (Lipinski definition) is 2. The van der Waals surface area contributed by atoms with Crippen molar-refractivity contribution in [3.8, 4) is 0 Å². The molecule has 0 radical (unpaired) electrons. The highest BCUT2D eigenvalue weighted by atomic mass is 127. The Hall–Kier alpha value is -1.60. The molecule has 2 aromatic rings. The van der Waals surface area contributed by atoms with E-state index in [2.05, 4.69) is 78.0 Å². The van der Waals surface area contributed by atoms with Gasteiger partial charge in [0.2, 0.25) is 0 Å². The van der Waals surface area contributed by atoms with E-state index in [1.165, 1.54) is 22.3 Å². The Kier molecular flexibility index (Phi) is 10.2. The zero-order chi connectivity index (χ0) is 17.2. The van der Waals surface area contributed by atoms with Crippen molar-refractivity contribution in [1.29, 1.82) is 0 Å². The van der Waals surface area contributed by atoms with E-state index in [0.717, 1.165) is 19.0 Å². The quantitative estimate of drug-likeness (QED) is 0.378. The summed E-state index contributed by atoms with van der Waals surface area (Å²) in [7, 11) is 1.71. The van der Waals surface area contributed by atoms with Gasteiger partial charge in [0.25, 0.3) is 0 Å². The summed E-state index contributed by atoms with van der Waals surface area (Å²) in [6.07, 6.45) is 0. The highest BCUT2D eigenvalue weighted by molar-refractivity contribution is 14.0. The molecule has 0 heterocycles. The fourth-order valence-electron chi connectivity index (χ4n) is 2.50. The summed E-state index contributed by atoms with van der Waals surface area (Å²) in [6.45, 7) is 7.05. The zero-order valence-electron chi connectivity index (χ0n) is 15.2. The lowest BCUT2D eigenvalue weighted by molar-refractivity contribution is 0.185. The number of methoxy groups -OCH3 is 1. The third-order valence-electron chi connectivity index (χ3n) is 3.61. The average Bonchev–Trinajstić information content (AvgIpc) is 2.58. The lowest BCUT2D eigenvalue weighted by atomic mass is 10.1. The Morgan fingerprint density at radius 3 is 2.44 bits per heavy atom. The number of guanidine groups is 1. The number of benzene rings is 2. The van der Waals surface area contributed by atoms with Crippen LogP contribution in [0.4, 0.5) is 0 Å². The Balaban J connectivity index is 0.00000312. The van der Waals surface area contributed by atoms with E-state index in [-0.39, 0.29) is 24.0 Å². The van der Waals surface area contributed by atoms with Gasteiger partial charge in [0.1, 0.15) is 0 Å². The van der Waals surface area contributed by atoms with E-state index in [1.54, 1.807) is 7.11 Å². The molecule has 0 fully saturated rings. The van der Waals surface area contributed by atoms with Gasteiger partial charge in [-0.3, -0.25) is 0 Å².